The summed E-state index contributed by atoms with van der Waals surface area (Å²) in [6, 6.07) is 9.74. The van der Waals surface area contributed by atoms with Gasteiger partial charge in [-0.15, -0.1) is 11.3 Å². The maximum atomic E-state index is 13.3. The number of ether oxygens (including phenoxy) is 1. The summed E-state index contributed by atoms with van der Waals surface area (Å²) in [7, 11) is 1.52. The SMILES string of the molecule is COc1ccc(CNc2nc(-c3ccncc3)nc3sc(C(F)(F)F)cc23)cc1Cl. The summed E-state index contributed by atoms with van der Waals surface area (Å²) in [5.74, 6) is 1.17. The Morgan fingerprint density at radius 3 is 2.53 bits per heavy atom. The Kier molecular flexibility index (Phi) is 5.48. The number of nitrogens with one attached hydrogen (secondary N) is 1. The van der Waals surface area contributed by atoms with E-state index in [0.717, 1.165) is 11.6 Å². The zero-order valence-corrected chi connectivity index (χ0v) is 17.1. The van der Waals surface area contributed by atoms with Crippen LogP contribution in [0.25, 0.3) is 21.6 Å². The second kappa shape index (κ2) is 8.08. The zero-order valence-electron chi connectivity index (χ0n) is 15.5. The maximum Gasteiger partial charge on any atom is 0.425 e. The summed E-state index contributed by atoms with van der Waals surface area (Å²) in [6.07, 6.45) is -1.31. The highest BCUT2D eigenvalue weighted by Gasteiger charge is 2.33. The fourth-order valence-electron chi connectivity index (χ4n) is 2.83. The van der Waals surface area contributed by atoms with E-state index in [4.69, 9.17) is 16.3 Å². The Morgan fingerprint density at radius 1 is 1.10 bits per heavy atom. The van der Waals surface area contributed by atoms with Crippen LogP contribution in [0.4, 0.5) is 19.0 Å². The van der Waals surface area contributed by atoms with Crippen LogP contribution in [0.3, 0.4) is 0 Å². The molecule has 3 aromatic heterocycles. The maximum absolute atomic E-state index is 13.3. The van der Waals surface area contributed by atoms with Crippen LogP contribution in [0.2, 0.25) is 5.02 Å². The Balaban J connectivity index is 1.74. The van der Waals surface area contributed by atoms with Crippen LogP contribution >= 0.6 is 22.9 Å². The van der Waals surface area contributed by atoms with E-state index in [0.29, 0.717) is 51.2 Å². The van der Waals surface area contributed by atoms with Crippen molar-refractivity contribution in [1.82, 2.24) is 15.0 Å². The van der Waals surface area contributed by atoms with E-state index in [1.165, 1.54) is 7.11 Å². The number of anilines is 1. The van der Waals surface area contributed by atoms with Gasteiger partial charge in [-0.1, -0.05) is 17.7 Å². The molecule has 4 aromatic rings. The third-order valence-corrected chi connectivity index (χ3v) is 5.66. The molecule has 0 aliphatic carbocycles. The first kappa shape index (κ1) is 20.4. The monoisotopic (exact) mass is 450 g/mol. The Hall–Kier alpha value is -2.91. The molecule has 0 bridgehead atoms. The molecule has 0 aliphatic heterocycles. The minimum Gasteiger partial charge on any atom is -0.495 e. The van der Waals surface area contributed by atoms with E-state index in [1.54, 1.807) is 36.7 Å². The number of thiophene rings is 1. The predicted molar refractivity (Wildman–Crippen MR) is 111 cm³/mol. The van der Waals surface area contributed by atoms with Crippen LogP contribution in [0.5, 0.6) is 5.75 Å². The molecule has 1 aromatic carbocycles. The van der Waals surface area contributed by atoms with Gasteiger partial charge in [0, 0.05) is 24.5 Å². The predicted octanol–water partition coefficient (Wildman–Crippen LogP) is 6.05. The van der Waals surface area contributed by atoms with Gasteiger partial charge in [-0.25, -0.2) is 9.97 Å². The molecule has 0 spiro atoms. The van der Waals surface area contributed by atoms with Crippen molar-refractivity contribution in [3.63, 3.8) is 0 Å². The van der Waals surface area contributed by atoms with E-state index in [2.05, 4.69) is 20.3 Å². The van der Waals surface area contributed by atoms with Gasteiger partial charge >= 0.3 is 6.18 Å². The number of hydrogen-bond acceptors (Lipinski definition) is 6. The molecular formula is C20H14ClF3N4OS. The second-order valence-corrected chi connectivity index (χ2v) is 7.72. The normalized spacial score (nSPS) is 11.6. The molecule has 0 fully saturated rings. The quantitative estimate of drug-likeness (QED) is 0.401. The summed E-state index contributed by atoms with van der Waals surface area (Å²) in [4.78, 5) is 12.3. The van der Waals surface area contributed by atoms with Crippen LogP contribution < -0.4 is 10.1 Å². The molecule has 1 N–H and O–H groups in total. The van der Waals surface area contributed by atoms with E-state index >= 15 is 0 Å². The molecule has 3 heterocycles. The number of fused-ring (bicyclic) bond motifs is 1. The molecule has 0 saturated carbocycles. The van der Waals surface area contributed by atoms with Gasteiger partial charge < -0.3 is 10.1 Å². The number of rotatable bonds is 5. The van der Waals surface area contributed by atoms with Crippen molar-refractivity contribution in [1.29, 1.82) is 0 Å². The van der Waals surface area contributed by atoms with Crippen LogP contribution in [0.15, 0.2) is 48.8 Å². The summed E-state index contributed by atoms with van der Waals surface area (Å²) >= 11 is 6.74. The third-order valence-electron chi connectivity index (χ3n) is 4.29. The molecule has 30 heavy (non-hydrogen) atoms. The van der Waals surface area contributed by atoms with Crippen molar-refractivity contribution in [2.24, 2.45) is 0 Å². The number of pyridine rings is 1. The summed E-state index contributed by atoms with van der Waals surface area (Å²) in [6.45, 7) is 0.308. The number of hydrogen-bond donors (Lipinski definition) is 1. The molecule has 0 radical (unpaired) electrons. The topological polar surface area (TPSA) is 59.9 Å². The first-order valence-electron chi connectivity index (χ1n) is 8.70. The largest absolute Gasteiger partial charge is 0.495 e. The average Bonchev–Trinajstić information content (AvgIpc) is 3.18. The van der Waals surface area contributed by atoms with Crippen molar-refractivity contribution in [2.75, 3.05) is 12.4 Å². The molecule has 0 aliphatic rings. The van der Waals surface area contributed by atoms with Crippen LogP contribution in [-0.2, 0) is 12.7 Å². The number of halogens is 4. The minimum atomic E-state index is -4.46. The summed E-state index contributed by atoms with van der Waals surface area (Å²) in [5.41, 5.74) is 1.48. The smallest absolute Gasteiger partial charge is 0.425 e. The molecule has 4 rings (SSSR count). The zero-order chi connectivity index (χ0) is 21.3. The Bertz CT molecular complexity index is 1200. The van der Waals surface area contributed by atoms with Gasteiger partial charge in [-0.2, -0.15) is 13.2 Å². The number of nitrogens with zero attached hydrogens (tertiary/aromatic N) is 3. The Labute approximate surface area is 178 Å². The van der Waals surface area contributed by atoms with E-state index in [1.807, 2.05) is 6.07 Å². The van der Waals surface area contributed by atoms with Crippen LogP contribution in [0, 0.1) is 0 Å². The van der Waals surface area contributed by atoms with Gasteiger partial charge in [0.15, 0.2) is 5.82 Å². The van der Waals surface area contributed by atoms with Crippen molar-refractivity contribution in [3.8, 4) is 17.1 Å². The number of benzene rings is 1. The van der Waals surface area contributed by atoms with Gasteiger partial charge in [0.2, 0.25) is 0 Å². The van der Waals surface area contributed by atoms with Crippen molar-refractivity contribution in [2.45, 2.75) is 12.7 Å². The van der Waals surface area contributed by atoms with Gasteiger partial charge in [-0.3, -0.25) is 4.98 Å². The lowest BCUT2D eigenvalue weighted by molar-refractivity contribution is -0.134. The summed E-state index contributed by atoms with van der Waals surface area (Å²) in [5, 5.41) is 3.87. The number of alkyl halides is 3. The van der Waals surface area contributed by atoms with Gasteiger partial charge in [-0.05, 0) is 35.9 Å². The highest BCUT2D eigenvalue weighted by atomic mass is 35.5. The van der Waals surface area contributed by atoms with E-state index in [-0.39, 0.29) is 4.83 Å². The number of methoxy groups -OCH3 is 1. The highest BCUT2D eigenvalue weighted by Crippen LogP contribution is 2.40. The molecule has 0 amide bonds. The van der Waals surface area contributed by atoms with Crippen LogP contribution in [0.1, 0.15) is 10.4 Å². The van der Waals surface area contributed by atoms with Crippen LogP contribution in [-0.4, -0.2) is 22.1 Å². The van der Waals surface area contributed by atoms with E-state index in [9.17, 15) is 13.2 Å². The number of aromatic nitrogens is 3. The lowest BCUT2D eigenvalue weighted by Crippen LogP contribution is -2.04. The van der Waals surface area contributed by atoms with Crippen molar-refractivity contribution < 1.29 is 17.9 Å². The summed E-state index contributed by atoms with van der Waals surface area (Å²) < 4.78 is 44.9. The molecule has 0 unspecified atom stereocenters. The standard InChI is InChI=1S/C20H14ClF3N4OS/c1-29-15-3-2-11(8-14(15)21)10-26-18-13-9-16(20(22,23)24)30-19(13)28-17(27-18)12-4-6-25-7-5-12/h2-9H,10H2,1H3,(H,26,27,28). The van der Waals surface area contributed by atoms with Crippen molar-refractivity contribution >= 4 is 39.0 Å². The van der Waals surface area contributed by atoms with Gasteiger partial charge in [0.1, 0.15) is 21.3 Å². The van der Waals surface area contributed by atoms with Crippen molar-refractivity contribution in [3.05, 3.63) is 64.3 Å². The van der Waals surface area contributed by atoms with Gasteiger partial charge in [0.25, 0.3) is 0 Å². The minimum absolute atomic E-state index is 0.249. The first-order chi connectivity index (χ1) is 14.3. The third kappa shape index (κ3) is 4.17. The molecule has 0 saturated heterocycles. The molecule has 154 valence electrons. The van der Waals surface area contributed by atoms with E-state index < -0.39 is 11.1 Å². The lowest BCUT2D eigenvalue weighted by atomic mass is 10.2. The molecule has 10 heteroatoms. The average molecular weight is 451 g/mol. The molecule has 5 nitrogen and oxygen atoms in total. The molecular weight excluding hydrogens is 437 g/mol. The fourth-order valence-corrected chi connectivity index (χ4v) is 4.01. The first-order valence-corrected chi connectivity index (χ1v) is 9.90. The lowest BCUT2D eigenvalue weighted by Gasteiger charge is -2.10. The molecule has 0 atom stereocenters. The Morgan fingerprint density at radius 2 is 1.87 bits per heavy atom. The van der Waals surface area contributed by atoms with Gasteiger partial charge in [0.05, 0.1) is 17.5 Å². The fraction of sp³-hybridized carbons (Fsp3) is 0.150. The highest BCUT2D eigenvalue weighted by molar-refractivity contribution is 7.18. The second-order valence-electron chi connectivity index (χ2n) is 6.28.